The Hall–Kier alpha value is -3.25. The van der Waals surface area contributed by atoms with Gasteiger partial charge in [-0.3, -0.25) is 14.5 Å². The third-order valence-electron chi connectivity index (χ3n) is 8.75. The number of carbonyl (C=O) groups is 2. The standard InChI is InChI=1S/C32H36FN3O2/c33-25-12-11-23-17-22(9-10-24(23)18-25)21-36-27-13-14-28(36)20-26(19-27)34-31(37)29-7-3-4-8-30(29)32(38)35-15-5-1-2-6-16-35/h3-4,7-12,17-18,26-28H,1-2,5-6,13-16,19-21H2,(H,34,37)/t27-,28-/m1/s1. The molecule has 2 amide bonds. The highest BCUT2D eigenvalue weighted by molar-refractivity contribution is 6.07. The number of likely N-dealkylation sites (tertiary alicyclic amines) is 1. The minimum Gasteiger partial charge on any atom is -0.349 e. The van der Waals surface area contributed by atoms with Gasteiger partial charge in [-0.1, -0.05) is 43.2 Å². The van der Waals surface area contributed by atoms with Gasteiger partial charge in [0.05, 0.1) is 11.1 Å². The number of hydrogen-bond donors (Lipinski definition) is 1. The van der Waals surface area contributed by atoms with Gasteiger partial charge < -0.3 is 10.2 Å². The topological polar surface area (TPSA) is 52.7 Å². The highest BCUT2D eigenvalue weighted by atomic mass is 19.1. The molecule has 3 aliphatic rings. The number of amides is 2. The van der Waals surface area contributed by atoms with Crippen LogP contribution in [-0.4, -0.2) is 52.8 Å². The number of nitrogens with one attached hydrogen (secondary N) is 1. The van der Waals surface area contributed by atoms with Crippen LogP contribution in [0.1, 0.15) is 77.6 Å². The van der Waals surface area contributed by atoms with Crippen molar-refractivity contribution in [2.75, 3.05) is 13.1 Å². The van der Waals surface area contributed by atoms with Crippen LogP contribution in [0.3, 0.4) is 0 Å². The number of hydrogen-bond acceptors (Lipinski definition) is 3. The van der Waals surface area contributed by atoms with Crippen LogP contribution >= 0.6 is 0 Å². The number of halogens is 1. The highest BCUT2D eigenvalue weighted by Crippen LogP contribution is 2.37. The Morgan fingerprint density at radius 2 is 1.47 bits per heavy atom. The van der Waals surface area contributed by atoms with E-state index in [0.717, 1.165) is 81.8 Å². The van der Waals surface area contributed by atoms with Crippen LogP contribution in [0.4, 0.5) is 4.39 Å². The quantitative estimate of drug-likeness (QED) is 0.461. The first-order valence-corrected chi connectivity index (χ1v) is 14.2. The van der Waals surface area contributed by atoms with Crippen molar-refractivity contribution in [3.05, 3.63) is 83.2 Å². The molecule has 3 aromatic rings. The SMILES string of the molecule is O=C(NC1C[C@H]2CC[C@H](C1)N2Cc1ccc2cc(F)ccc2c1)c1ccccc1C(=O)N1CCCCCC1. The largest absolute Gasteiger partial charge is 0.349 e. The molecule has 0 aromatic heterocycles. The lowest BCUT2D eigenvalue weighted by Gasteiger charge is -2.39. The molecular weight excluding hydrogens is 477 g/mol. The van der Waals surface area contributed by atoms with Gasteiger partial charge in [0.2, 0.25) is 0 Å². The molecule has 3 aliphatic heterocycles. The molecule has 2 atom stereocenters. The number of fused-ring (bicyclic) bond motifs is 3. The van der Waals surface area contributed by atoms with E-state index in [1.54, 1.807) is 18.2 Å². The Morgan fingerprint density at radius 3 is 2.21 bits per heavy atom. The Kier molecular flexibility index (Phi) is 7.16. The molecule has 2 bridgehead atoms. The van der Waals surface area contributed by atoms with Crippen molar-refractivity contribution in [1.29, 1.82) is 0 Å². The van der Waals surface area contributed by atoms with Crippen molar-refractivity contribution in [3.8, 4) is 0 Å². The second kappa shape index (κ2) is 10.9. The van der Waals surface area contributed by atoms with Crippen LogP contribution in [0, 0.1) is 5.82 Å². The lowest BCUT2D eigenvalue weighted by molar-refractivity contribution is 0.0747. The van der Waals surface area contributed by atoms with Gasteiger partial charge in [0.1, 0.15) is 5.82 Å². The first-order valence-electron chi connectivity index (χ1n) is 14.2. The van der Waals surface area contributed by atoms with Crippen LogP contribution in [0.25, 0.3) is 10.8 Å². The molecule has 6 heteroatoms. The summed E-state index contributed by atoms with van der Waals surface area (Å²) in [6, 6.07) is 19.5. The third-order valence-corrected chi connectivity index (χ3v) is 8.75. The molecule has 0 spiro atoms. The predicted octanol–water partition coefficient (Wildman–Crippen LogP) is 5.92. The van der Waals surface area contributed by atoms with E-state index >= 15 is 0 Å². The third kappa shape index (κ3) is 5.19. The molecule has 198 valence electrons. The van der Waals surface area contributed by atoms with Gasteiger partial charge in [0.25, 0.3) is 11.8 Å². The first-order chi connectivity index (χ1) is 18.5. The summed E-state index contributed by atoms with van der Waals surface area (Å²) in [6.07, 6.45) is 8.49. The van der Waals surface area contributed by atoms with E-state index in [0.29, 0.717) is 23.2 Å². The second-order valence-electron chi connectivity index (χ2n) is 11.3. The van der Waals surface area contributed by atoms with E-state index in [1.165, 1.54) is 11.6 Å². The van der Waals surface area contributed by atoms with Crippen molar-refractivity contribution in [2.24, 2.45) is 0 Å². The van der Waals surface area contributed by atoms with E-state index in [2.05, 4.69) is 22.3 Å². The monoisotopic (exact) mass is 513 g/mol. The van der Waals surface area contributed by atoms with E-state index in [-0.39, 0.29) is 23.7 Å². The summed E-state index contributed by atoms with van der Waals surface area (Å²) in [7, 11) is 0. The summed E-state index contributed by atoms with van der Waals surface area (Å²) in [5.74, 6) is -0.365. The first kappa shape index (κ1) is 25.1. The maximum Gasteiger partial charge on any atom is 0.254 e. The van der Waals surface area contributed by atoms with E-state index < -0.39 is 0 Å². The molecule has 0 aliphatic carbocycles. The smallest absolute Gasteiger partial charge is 0.254 e. The number of piperidine rings is 1. The minimum absolute atomic E-state index is 0.0225. The zero-order valence-electron chi connectivity index (χ0n) is 21.9. The zero-order valence-corrected chi connectivity index (χ0v) is 21.9. The molecule has 5 nitrogen and oxygen atoms in total. The molecule has 3 heterocycles. The summed E-state index contributed by atoms with van der Waals surface area (Å²) in [4.78, 5) is 31.2. The van der Waals surface area contributed by atoms with Crippen LogP contribution in [0.5, 0.6) is 0 Å². The number of carbonyl (C=O) groups excluding carboxylic acids is 2. The van der Waals surface area contributed by atoms with Crippen molar-refractivity contribution >= 4 is 22.6 Å². The maximum absolute atomic E-state index is 13.6. The van der Waals surface area contributed by atoms with Crippen LogP contribution in [0.2, 0.25) is 0 Å². The molecule has 0 saturated carbocycles. The number of nitrogens with zero attached hydrogens (tertiary/aromatic N) is 2. The minimum atomic E-state index is -0.207. The van der Waals surface area contributed by atoms with Crippen LogP contribution in [-0.2, 0) is 6.54 Å². The van der Waals surface area contributed by atoms with Crippen molar-refractivity contribution in [1.82, 2.24) is 15.1 Å². The van der Waals surface area contributed by atoms with Gasteiger partial charge in [-0.2, -0.15) is 0 Å². The Balaban J connectivity index is 1.11. The molecule has 3 saturated heterocycles. The van der Waals surface area contributed by atoms with Crippen molar-refractivity contribution in [3.63, 3.8) is 0 Å². The van der Waals surface area contributed by atoms with E-state index in [4.69, 9.17) is 0 Å². The molecule has 38 heavy (non-hydrogen) atoms. The fourth-order valence-corrected chi connectivity index (χ4v) is 6.80. The fourth-order valence-electron chi connectivity index (χ4n) is 6.80. The van der Waals surface area contributed by atoms with Gasteiger partial charge in [0, 0.05) is 37.8 Å². The Morgan fingerprint density at radius 1 is 0.816 bits per heavy atom. The molecule has 3 aromatic carbocycles. The Labute approximate surface area is 224 Å². The predicted molar refractivity (Wildman–Crippen MR) is 148 cm³/mol. The lowest BCUT2D eigenvalue weighted by Crippen LogP contribution is -2.50. The lowest BCUT2D eigenvalue weighted by atomic mass is 9.95. The molecular formula is C32H36FN3O2. The van der Waals surface area contributed by atoms with Crippen molar-refractivity contribution < 1.29 is 14.0 Å². The van der Waals surface area contributed by atoms with Gasteiger partial charge in [0.15, 0.2) is 0 Å². The Bertz CT molecular complexity index is 1320. The fraction of sp³-hybridized carbons (Fsp3) is 0.438. The summed E-state index contributed by atoms with van der Waals surface area (Å²) in [5.41, 5.74) is 2.25. The molecule has 1 N–H and O–H groups in total. The van der Waals surface area contributed by atoms with Gasteiger partial charge in [-0.05, 0) is 85.2 Å². The van der Waals surface area contributed by atoms with Gasteiger partial charge >= 0.3 is 0 Å². The number of benzene rings is 3. The molecule has 6 rings (SSSR count). The molecule has 3 fully saturated rings. The molecule has 0 radical (unpaired) electrons. The molecule has 0 unspecified atom stereocenters. The summed E-state index contributed by atoms with van der Waals surface area (Å²) < 4.78 is 13.6. The zero-order chi connectivity index (χ0) is 26.1. The van der Waals surface area contributed by atoms with E-state index in [1.807, 2.05) is 29.2 Å². The summed E-state index contributed by atoms with van der Waals surface area (Å²) in [5, 5.41) is 5.27. The normalized spacial score (nSPS) is 23.8. The van der Waals surface area contributed by atoms with Crippen molar-refractivity contribution in [2.45, 2.75) is 76.0 Å². The van der Waals surface area contributed by atoms with Gasteiger partial charge in [-0.25, -0.2) is 4.39 Å². The summed E-state index contributed by atoms with van der Waals surface area (Å²) in [6.45, 7) is 2.41. The second-order valence-corrected chi connectivity index (χ2v) is 11.3. The average Bonchev–Trinajstić information content (AvgIpc) is 3.13. The van der Waals surface area contributed by atoms with Crippen LogP contribution < -0.4 is 5.32 Å². The summed E-state index contributed by atoms with van der Waals surface area (Å²) >= 11 is 0. The highest BCUT2D eigenvalue weighted by Gasteiger charge is 2.41. The van der Waals surface area contributed by atoms with Crippen LogP contribution in [0.15, 0.2) is 60.7 Å². The van der Waals surface area contributed by atoms with E-state index in [9.17, 15) is 14.0 Å². The maximum atomic E-state index is 13.6. The average molecular weight is 514 g/mol. The van der Waals surface area contributed by atoms with Gasteiger partial charge in [-0.15, -0.1) is 0 Å². The number of rotatable bonds is 5.